The van der Waals surface area contributed by atoms with Crippen LogP contribution >= 0.6 is 0 Å². The van der Waals surface area contributed by atoms with Crippen molar-refractivity contribution < 1.29 is 14.7 Å². The minimum absolute atomic E-state index is 0.0365. The van der Waals surface area contributed by atoms with E-state index in [4.69, 9.17) is 10.4 Å². The highest BCUT2D eigenvalue weighted by Gasteiger charge is 2.07. The molecule has 0 spiro atoms. The van der Waals surface area contributed by atoms with Gasteiger partial charge in [0.05, 0.1) is 0 Å². The molecule has 3 N–H and O–H groups in total. The van der Waals surface area contributed by atoms with Crippen LogP contribution in [-0.2, 0) is 16.0 Å². The van der Waals surface area contributed by atoms with Gasteiger partial charge < -0.3 is 15.7 Å². The van der Waals surface area contributed by atoms with Gasteiger partial charge in [0, 0.05) is 25.7 Å². The van der Waals surface area contributed by atoms with Crippen molar-refractivity contribution in [2.24, 2.45) is 0 Å². The van der Waals surface area contributed by atoms with Crippen molar-refractivity contribution >= 4 is 11.9 Å². The van der Waals surface area contributed by atoms with Gasteiger partial charge in [0.1, 0.15) is 11.6 Å². The highest BCUT2D eigenvalue weighted by Crippen LogP contribution is 2.03. The van der Waals surface area contributed by atoms with Gasteiger partial charge in [-0.15, -0.1) is 0 Å². The summed E-state index contributed by atoms with van der Waals surface area (Å²) in [4.78, 5) is 22.3. The van der Waals surface area contributed by atoms with E-state index in [1.54, 1.807) is 0 Å². The number of carboxylic acids is 1. The van der Waals surface area contributed by atoms with Gasteiger partial charge >= 0.3 is 5.97 Å². The van der Waals surface area contributed by atoms with Crippen LogP contribution in [0.2, 0.25) is 0 Å². The third-order valence-electron chi connectivity index (χ3n) is 3.64. The molecule has 0 saturated carbocycles. The first kappa shape index (κ1) is 20.2. The molecule has 0 aliphatic carbocycles. The fraction of sp³-hybridized carbons (Fsp3) is 0.421. The quantitative estimate of drug-likeness (QED) is 0.325. The van der Waals surface area contributed by atoms with Crippen molar-refractivity contribution in [3.8, 4) is 6.07 Å². The van der Waals surface area contributed by atoms with Crippen LogP contribution in [0.3, 0.4) is 0 Å². The Labute approximate surface area is 148 Å². The van der Waals surface area contributed by atoms with E-state index >= 15 is 0 Å². The number of carboxylic acid groups (broad SMARTS) is 1. The number of carbonyl (C=O) groups excluding carboxylic acids is 1. The molecule has 6 nitrogen and oxygen atoms in total. The summed E-state index contributed by atoms with van der Waals surface area (Å²) in [7, 11) is 0. The van der Waals surface area contributed by atoms with Gasteiger partial charge in [-0.25, -0.2) is 0 Å². The average Bonchev–Trinajstić information content (AvgIpc) is 2.59. The molecule has 1 aromatic carbocycles. The predicted molar refractivity (Wildman–Crippen MR) is 95.7 cm³/mol. The molecule has 0 bridgehead atoms. The summed E-state index contributed by atoms with van der Waals surface area (Å²) in [5.74, 6) is -1.22. The zero-order valence-electron chi connectivity index (χ0n) is 14.5. The lowest BCUT2D eigenvalue weighted by Gasteiger charge is -2.05. The first-order chi connectivity index (χ1) is 12.0. The van der Waals surface area contributed by atoms with Crippen LogP contribution in [0.15, 0.2) is 36.0 Å². The summed E-state index contributed by atoms with van der Waals surface area (Å²) >= 11 is 0. The minimum Gasteiger partial charge on any atom is -0.481 e. The molecule has 0 heterocycles. The molecule has 134 valence electrons. The van der Waals surface area contributed by atoms with Crippen molar-refractivity contribution in [3.05, 3.63) is 47.2 Å². The highest BCUT2D eigenvalue weighted by molar-refractivity contribution is 5.97. The smallest absolute Gasteiger partial charge is 0.303 e. The number of unbranched alkanes of at least 4 members (excludes halogenated alkanes) is 2. The zero-order chi connectivity index (χ0) is 18.5. The molecule has 0 aliphatic rings. The number of hydrogen-bond donors (Lipinski definition) is 3. The van der Waals surface area contributed by atoms with E-state index in [0.717, 1.165) is 12.8 Å². The van der Waals surface area contributed by atoms with Crippen molar-refractivity contribution in [1.29, 1.82) is 5.26 Å². The van der Waals surface area contributed by atoms with E-state index in [2.05, 4.69) is 34.9 Å². The highest BCUT2D eigenvalue weighted by atomic mass is 16.4. The van der Waals surface area contributed by atoms with Crippen LogP contribution in [0.4, 0.5) is 0 Å². The number of aryl methyl sites for hydroxylation is 1. The number of nitrogens with zero attached hydrogens (tertiary/aromatic N) is 1. The molecule has 0 atom stereocenters. The van der Waals surface area contributed by atoms with Crippen molar-refractivity contribution in [2.45, 2.75) is 39.0 Å². The van der Waals surface area contributed by atoms with Crippen LogP contribution in [0.5, 0.6) is 0 Å². The first-order valence-corrected chi connectivity index (χ1v) is 8.42. The van der Waals surface area contributed by atoms with Gasteiger partial charge in [-0.05, 0) is 31.7 Å². The molecule has 0 aromatic heterocycles. The summed E-state index contributed by atoms with van der Waals surface area (Å²) < 4.78 is 0. The topological polar surface area (TPSA) is 102 Å². The molecular weight excluding hydrogens is 318 g/mol. The Morgan fingerprint density at radius 3 is 2.52 bits per heavy atom. The van der Waals surface area contributed by atoms with E-state index in [-0.39, 0.29) is 12.0 Å². The Morgan fingerprint density at radius 2 is 1.88 bits per heavy atom. The summed E-state index contributed by atoms with van der Waals surface area (Å²) in [5.41, 5.74) is 2.44. The second-order valence-corrected chi connectivity index (χ2v) is 5.82. The molecule has 0 radical (unpaired) electrons. The average molecular weight is 343 g/mol. The minimum atomic E-state index is -0.810. The Morgan fingerprint density at radius 1 is 1.16 bits per heavy atom. The maximum absolute atomic E-state index is 11.9. The van der Waals surface area contributed by atoms with E-state index in [1.165, 1.54) is 17.3 Å². The van der Waals surface area contributed by atoms with Crippen LogP contribution in [0.1, 0.15) is 36.8 Å². The normalized spacial score (nSPS) is 10.8. The molecule has 6 heteroatoms. The molecule has 1 aromatic rings. The third-order valence-corrected chi connectivity index (χ3v) is 3.64. The van der Waals surface area contributed by atoms with E-state index in [0.29, 0.717) is 25.9 Å². The maximum Gasteiger partial charge on any atom is 0.303 e. The van der Waals surface area contributed by atoms with Crippen LogP contribution in [0, 0.1) is 18.3 Å². The van der Waals surface area contributed by atoms with Crippen molar-refractivity contribution in [3.63, 3.8) is 0 Å². The van der Waals surface area contributed by atoms with E-state index in [1.807, 2.05) is 13.0 Å². The molecule has 0 fully saturated rings. The molecule has 1 amide bonds. The summed E-state index contributed by atoms with van der Waals surface area (Å²) in [6.07, 6.45) is 4.40. The van der Waals surface area contributed by atoms with Crippen LogP contribution < -0.4 is 10.6 Å². The maximum atomic E-state index is 11.9. The summed E-state index contributed by atoms with van der Waals surface area (Å²) in [6, 6.07) is 10.1. The summed E-state index contributed by atoms with van der Waals surface area (Å²) in [5, 5.41) is 23.3. The first-order valence-electron chi connectivity index (χ1n) is 8.42. The number of nitriles is 1. The zero-order valence-corrected chi connectivity index (χ0v) is 14.5. The summed E-state index contributed by atoms with van der Waals surface area (Å²) in [6.45, 7) is 3.10. The lowest BCUT2D eigenvalue weighted by atomic mass is 10.1. The van der Waals surface area contributed by atoms with Crippen molar-refractivity contribution in [1.82, 2.24) is 10.6 Å². The number of hydrogen-bond acceptors (Lipinski definition) is 4. The van der Waals surface area contributed by atoms with E-state index < -0.39 is 11.9 Å². The van der Waals surface area contributed by atoms with Gasteiger partial charge in [0.15, 0.2) is 0 Å². The van der Waals surface area contributed by atoms with Gasteiger partial charge in [0.2, 0.25) is 0 Å². The number of rotatable bonds is 11. The van der Waals surface area contributed by atoms with Gasteiger partial charge in [-0.1, -0.05) is 36.2 Å². The predicted octanol–water partition coefficient (Wildman–Crippen LogP) is 2.30. The fourth-order valence-corrected chi connectivity index (χ4v) is 2.17. The van der Waals surface area contributed by atoms with E-state index in [9.17, 15) is 9.59 Å². The van der Waals surface area contributed by atoms with Crippen molar-refractivity contribution in [2.75, 3.05) is 13.1 Å². The number of nitrogens with one attached hydrogen (secondary N) is 2. The van der Waals surface area contributed by atoms with Crippen LogP contribution in [0.25, 0.3) is 0 Å². The Bertz CT molecular complexity index is 630. The molecule has 25 heavy (non-hydrogen) atoms. The molecular formula is C19H25N3O3. The SMILES string of the molecule is Cc1ccc(CCN/C=C(/C#N)C(=O)NCCCCCC(=O)O)cc1. The standard InChI is InChI=1S/C19H25N3O3/c1-15-6-8-16(9-7-15)10-12-21-14-17(13-20)19(25)22-11-4-2-3-5-18(23)24/h6-9,14,21H,2-5,10-12H2,1H3,(H,22,25)(H,23,24)/b17-14-. The molecule has 0 unspecified atom stereocenters. The molecule has 0 saturated heterocycles. The number of aliphatic carboxylic acids is 1. The Kier molecular flexibility index (Phi) is 9.46. The lowest BCUT2D eigenvalue weighted by molar-refractivity contribution is -0.137. The van der Waals surface area contributed by atoms with Gasteiger partial charge in [-0.3, -0.25) is 9.59 Å². The van der Waals surface area contributed by atoms with Crippen LogP contribution in [-0.4, -0.2) is 30.1 Å². The number of carbonyl (C=O) groups is 2. The van der Waals surface area contributed by atoms with Gasteiger partial charge in [-0.2, -0.15) is 5.26 Å². The number of benzene rings is 1. The second-order valence-electron chi connectivity index (χ2n) is 5.82. The molecule has 0 aliphatic heterocycles. The fourth-order valence-electron chi connectivity index (χ4n) is 2.17. The third kappa shape index (κ3) is 9.16. The lowest BCUT2D eigenvalue weighted by Crippen LogP contribution is -2.27. The monoisotopic (exact) mass is 343 g/mol. The number of amides is 1. The molecule has 1 rings (SSSR count). The largest absolute Gasteiger partial charge is 0.481 e. The Hall–Kier alpha value is -2.81. The van der Waals surface area contributed by atoms with Gasteiger partial charge in [0.25, 0.3) is 5.91 Å². The Balaban J connectivity index is 2.25. The second kappa shape index (κ2) is 11.7.